The molecule has 0 aliphatic heterocycles. The zero-order chi connectivity index (χ0) is 23.8. The Morgan fingerprint density at radius 2 is 1.55 bits per heavy atom. The van der Waals surface area contributed by atoms with Crippen LogP contribution in [-0.2, 0) is 20.7 Å². The first-order chi connectivity index (χ1) is 16.3. The van der Waals surface area contributed by atoms with E-state index in [1.807, 2.05) is 48.6 Å². The first-order valence-corrected chi connectivity index (χ1v) is 12.2. The van der Waals surface area contributed by atoms with Gasteiger partial charge in [0.2, 0.25) is 0 Å². The van der Waals surface area contributed by atoms with E-state index in [0.717, 1.165) is 37.7 Å². The lowest BCUT2D eigenvalue weighted by molar-refractivity contribution is -0.144. The maximum absolute atomic E-state index is 11.7. The van der Waals surface area contributed by atoms with Crippen molar-refractivity contribution < 1.29 is 14.1 Å². The maximum Gasteiger partial charge on any atom is 0.306 e. The minimum absolute atomic E-state index is 0.0716. The van der Waals surface area contributed by atoms with E-state index in [1.165, 1.54) is 0 Å². The lowest BCUT2D eigenvalue weighted by atomic mass is 10.2. The van der Waals surface area contributed by atoms with Crippen molar-refractivity contribution in [2.75, 3.05) is 0 Å². The number of carbonyl (C=O) groups is 1. The molecule has 3 nitrogen and oxygen atoms in total. The van der Waals surface area contributed by atoms with Crippen molar-refractivity contribution >= 4 is 15.4 Å². The third-order valence-electron chi connectivity index (χ3n) is 4.59. The summed E-state index contributed by atoms with van der Waals surface area (Å²) < 4.78 is 10.7. The second kappa shape index (κ2) is 21.4. The Balaban J connectivity index is 2.08. The molecule has 2 atom stereocenters. The molecule has 0 saturated carbocycles. The summed E-state index contributed by atoms with van der Waals surface area (Å²) in [5, 5.41) is 0. The minimum atomic E-state index is -0.160. The second-order valence-corrected chi connectivity index (χ2v) is 7.68. The number of hydrogen-bond acceptors (Lipinski definition) is 3. The Hall–Kier alpha value is -2.48. The van der Waals surface area contributed by atoms with Crippen molar-refractivity contribution in [2.24, 2.45) is 0 Å². The summed E-state index contributed by atoms with van der Waals surface area (Å²) in [6, 6.07) is 9.73. The SMILES string of the molecule is CC/C=C\C/C=C\CC(/C=C\C=C/C/C=C\C/C=C\CCC(=O)OCc1ccccc1)OP. The van der Waals surface area contributed by atoms with Crippen LogP contribution in [0.5, 0.6) is 0 Å². The molecule has 0 fully saturated rings. The van der Waals surface area contributed by atoms with Gasteiger partial charge < -0.3 is 9.26 Å². The van der Waals surface area contributed by atoms with Crippen molar-refractivity contribution in [3.63, 3.8) is 0 Å². The molecule has 0 aliphatic carbocycles. The molecule has 1 aromatic rings. The average Bonchev–Trinajstić information content (AvgIpc) is 2.84. The van der Waals surface area contributed by atoms with Crippen LogP contribution in [-0.4, -0.2) is 12.1 Å². The fourth-order valence-electron chi connectivity index (χ4n) is 2.77. The molecule has 33 heavy (non-hydrogen) atoms. The van der Waals surface area contributed by atoms with Gasteiger partial charge >= 0.3 is 5.97 Å². The zero-order valence-electron chi connectivity index (χ0n) is 19.9. The molecule has 178 valence electrons. The fourth-order valence-corrected chi connectivity index (χ4v) is 2.97. The molecular formula is C29H39O3P. The molecule has 1 rings (SSSR count). The molecule has 0 saturated heterocycles. The zero-order valence-corrected chi connectivity index (χ0v) is 21.0. The van der Waals surface area contributed by atoms with Gasteiger partial charge in [-0.15, -0.1) is 0 Å². The van der Waals surface area contributed by atoms with Crippen molar-refractivity contribution in [1.29, 1.82) is 0 Å². The maximum atomic E-state index is 11.7. The molecule has 0 spiro atoms. The molecule has 4 heteroatoms. The van der Waals surface area contributed by atoms with Gasteiger partial charge in [-0.05, 0) is 44.1 Å². The predicted molar refractivity (Wildman–Crippen MR) is 144 cm³/mol. The lowest BCUT2D eigenvalue weighted by Crippen LogP contribution is -2.03. The van der Waals surface area contributed by atoms with Crippen LogP contribution in [0.25, 0.3) is 0 Å². The number of allylic oxidation sites excluding steroid dienone is 10. The van der Waals surface area contributed by atoms with Crippen LogP contribution in [0.1, 0.15) is 57.4 Å². The van der Waals surface area contributed by atoms with Crippen molar-refractivity contribution in [2.45, 2.75) is 64.6 Å². The summed E-state index contributed by atoms with van der Waals surface area (Å²) in [6.07, 6.45) is 31.2. The molecule has 0 aliphatic rings. The van der Waals surface area contributed by atoms with Crippen LogP contribution in [0.3, 0.4) is 0 Å². The van der Waals surface area contributed by atoms with Crippen LogP contribution < -0.4 is 0 Å². The molecule has 0 amide bonds. The van der Waals surface area contributed by atoms with E-state index in [0.29, 0.717) is 19.4 Å². The molecule has 0 N–H and O–H groups in total. The standard InChI is InChI=1S/C29H39O3P/c1-2-3-4-5-12-18-23-28(32-33)24-19-13-10-8-6-7-9-11-14-20-25-29(30)31-26-27-21-16-15-17-22-27/h3-4,6-7,10-19,21-22,24,28H,2,5,8-9,20,23,25-26,33H2,1H3/b4-3-,7-6-,13-10-,14-11-,18-12-,24-19-. The van der Waals surface area contributed by atoms with Gasteiger partial charge in [-0.25, -0.2) is 0 Å². The second-order valence-electron chi connectivity index (χ2n) is 7.41. The van der Waals surface area contributed by atoms with E-state index in [2.05, 4.69) is 71.1 Å². The number of hydrogen-bond donors (Lipinski definition) is 0. The molecule has 1 aromatic carbocycles. The monoisotopic (exact) mass is 466 g/mol. The van der Waals surface area contributed by atoms with Crippen molar-refractivity contribution in [1.82, 2.24) is 0 Å². The number of esters is 1. The largest absolute Gasteiger partial charge is 0.461 e. The number of ether oxygens (including phenoxy) is 1. The van der Waals surface area contributed by atoms with Gasteiger partial charge in [-0.3, -0.25) is 4.79 Å². The van der Waals surface area contributed by atoms with E-state index in [4.69, 9.17) is 9.26 Å². The summed E-state index contributed by atoms with van der Waals surface area (Å²) >= 11 is 0. The van der Waals surface area contributed by atoms with Gasteiger partial charge in [-0.1, -0.05) is 110 Å². The third kappa shape index (κ3) is 17.7. The highest BCUT2D eigenvalue weighted by Crippen LogP contribution is 2.07. The summed E-state index contributed by atoms with van der Waals surface area (Å²) in [4.78, 5) is 11.7. The quantitative estimate of drug-likeness (QED) is 0.101. The smallest absolute Gasteiger partial charge is 0.306 e. The Kier molecular flexibility index (Phi) is 18.5. The normalized spacial score (nSPS) is 13.5. The van der Waals surface area contributed by atoms with Gasteiger partial charge in [0.1, 0.15) is 6.61 Å². The van der Waals surface area contributed by atoms with Gasteiger partial charge in [0.15, 0.2) is 0 Å². The fraction of sp³-hybridized carbons (Fsp3) is 0.345. The molecule has 0 bridgehead atoms. The highest BCUT2D eigenvalue weighted by molar-refractivity contribution is 7.09. The number of carbonyl (C=O) groups excluding carboxylic acids is 1. The van der Waals surface area contributed by atoms with Crippen LogP contribution in [0, 0.1) is 0 Å². The van der Waals surface area contributed by atoms with Crippen LogP contribution in [0.4, 0.5) is 0 Å². The van der Waals surface area contributed by atoms with E-state index in [-0.39, 0.29) is 12.1 Å². The highest BCUT2D eigenvalue weighted by Gasteiger charge is 2.01. The van der Waals surface area contributed by atoms with Crippen LogP contribution in [0.15, 0.2) is 103 Å². The number of rotatable bonds is 17. The highest BCUT2D eigenvalue weighted by atomic mass is 31.0. The van der Waals surface area contributed by atoms with Gasteiger partial charge in [0.25, 0.3) is 0 Å². The first-order valence-electron chi connectivity index (χ1n) is 11.7. The van der Waals surface area contributed by atoms with Crippen molar-refractivity contribution in [3.8, 4) is 0 Å². The Morgan fingerprint density at radius 1 is 0.879 bits per heavy atom. The molecule has 0 radical (unpaired) electrons. The summed E-state index contributed by atoms with van der Waals surface area (Å²) in [7, 11) is 2.35. The molecule has 0 heterocycles. The minimum Gasteiger partial charge on any atom is -0.461 e. The van der Waals surface area contributed by atoms with E-state index in [9.17, 15) is 4.79 Å². The van der Waals surface area contributed by atoms with E-state index < -0.39 is 0 Å². The van der Waals surface area contributed by atoms with Crippen LogP contribution in [0.2, 0.25) is 0 Å². The average molecular weight is 467 g/mol. The molecular weight excluding hydrogens is 427 g/mol. The lowest BCUT2D eigenvalue weighted by Gasteiger charge is -2.06. The Morgan fingerprint density at radius 3 is 2.27 bits per heavy atom. The topological polar surface area (TPSA) is 35.5 Å². The third-order valence-corrected chi connectivity index (χ3v) is 4.94. The summed E-state index contributed by atoms with van der Waals surface area (Å²) in [6.45, 7) is 2.48. The van der Waals surface area contributed by atoms with E-state index >= 15 is 0 Å². The van der Waals surface area contributed by atoms with Gasteiger partial charge in [-0.2, -0.15) is 0 Å². The molecule has 2 unspecified atom stereocenters. The molecule has 0 aromatic heterocycles. The summed E-state index contributed by atoms with van der Waals surface area (Å²) in [5.74, 6) is -0.160. The number of benzene rings is 1. The van der Waals surface area contributed by atoms with E-state index in [1.54, 1.807) is 0 Å². The van der Waals surface area contributed by atoms with Gasteiger partial charge in [0, 0.05) is 15.9 Å². The Labute approximate surface area is 202 Å². The first kappa shape index (κ1) is 28.6. The summed E-state index contributed by atoms with van der Waals surface area (Å²) in [5.41, 5.74) is 1.01. The van der Waals surface area contributed by atoms with Crippen LogP contribution >= 0.6 is 9.47 Å². The predicted octanol–water partition coefficient (Wildman–Crippen LogP) is 7.99. The van der Waals surface area contributed by atoms with Gasteiger partial charge in [0.05, 0.1) is 6.10 Å². The Bertz CT molecular complexity index is 788. The van der Waals surface area contributed by atoms with Crippen molar-refractivity contribution in [3.05, 3.63) is 109 Å².